The molecule has 182 valence electrons. The summed E-state index contributed by atoms with van der Waals surface area (Å²) in [5, 5.41) is 0.434. The van der Waals surface area contributed by atoms with Crippen LogP contribution in [-0.4, -0.2) is 32.9 Å². The van der Waals surface area contributed by atoms with Gasteiger partial charge in [0.1, 0.15) is 12.4 Å². The van der Waals surface area contributed by atoms with E-state index in [1.165, 1.54) is 19.1 Å². The first-order valence-corrected chi connectivity index (χ1v) is 11.2. The molecule has 0 saturated heterocycles. The van der Waals surface area contributed by atoms with Crippen molar-refractivity contribution in [2.24, 2.45) is 0 Å². The van der Waals surface area contributed by atoms with E-state index in [1.807, 2.05) is 0 Å². The van der Waals surface area contributed by atoms with Crippen LogP contribution in [0.25, 0.3) is 0 Å². The van der Waals surface area contributed by atoms with Gasteiger partial charge in [-0.25, -0.2) is 13.2 Å². The second-order valence-corrected chi connectivity index (χ2v) is 9.44. The highest BCUT2D eigenvalue weighted by atomic mass is 35.5. The van der Waals surface area contributed by atoms with E-state index in [9.17, 15) is 39.6 Å². The van der Waals surface area contributed by atoms with E-state index in [-0.39, 0.29) is 18.2 Å². The van der Waals surface area contributed by atoms with Gasteiger partial charge in [0.2, 0.25) is 0 Å². The molecule has 0 saturated carbocycles. The van der Waals surface area contributed by atoms with Crippen molar-refractivity contribution in [1.29, 1.82) is 0 Å². The minimum Gasteiger partial charge on any atom is -0.479 e. The Labute approximate surface area is 190 Å². The maximum Gasteiger partial charge on any atom is 0.416 e. The first kappa shape index (κ1) is 26.8. The summed E-state index contributed by atoms with van der Waals surface area (Å²) >= 11 is 5.82. The third-order valence-corrected chi connectivity index (χ3v) is 6.18. The number of sulfone groups is 1. The minimum absolute atomic E-state index is 0.0987. The van der Waals surface area contributed by atoms with E-state index in [0.717, 1.165) is 0 Å². The quantitative estimate of drug-likeness (QED) is 0.359. The van der Waals surface area contributed by atoms with Crippen molar-refractivity contribution in [2.75, 3.05) is 12.4 Å². The molecule has 2 rings (SSSR count). The Balaban J connectivity index is 2.11. The number of esters is 1. The van der Waals surface area contributed by atoms with Gasteiger partial charge in [0.25, 0.3) is 0 Å². The minimum atomic E-state index is -5.20. The zero-order valence-electron chi connectivity index (χ0n) is 17.1. The molecule has 0 aliphatic rings. The Morgan fingerprint density at radius 3 is 2.03 bits per heavy atom. The molecule has 2 aromatic rings. The van der Waals surface area contributed by atoms with Crippen LogP contribution in [0.5, 0.6) is 5.75 Å². The molecule has 0 unspecified atom stereocenters. The van der Waals surface area contributed by atoms with Crippen molar-refractivity contribution in [1.82, 2.24) is 0 Å². The monoisotopic (exact) mass is 518 g/mol. The molecule has 2 aromatic carbocycles. The number of alkyl halides is 6. The maximum absolute atomic E-state index is 12.9. The van der Waals surface area contributed by atoms with Gasteiger partial charge in [0.15, 0.2) is 15.9 Å². The molecule has 0 aromatic heterocycles. The summed E-state index contributed by atoms with van der Waals surface area (Å²) in [7, 11) is -4.65. The second kappa shape index (κ2) is 9.80. The lowest BCUT2D eigenvalue weighted by molar-refractivity contribution is -0.150. The summed E-state index contributed by atoms with van der Waals surface area (Å²) in [6.07, 6.45) is -11.6. The standard InChI is InChI=1S/C20H17ClF6O5S/c1-11-7-15(21)3-4-17(11)32-12(2)18(28)31-5-6-33(29,30)16-9-13(19(22,23)24)8-14(10-16)20(25,26)27/h3-4,7-10,12H,5-6H2,1-2H3/t12-/m1/s1. The molecule has 0 bridgehead atoms. The van der Waals surface area contributed by atoms with Crippen molar-refractivity contribution in [3.8, 4) is 5.75 Å². The number of benzene rings is 2. The van der Waals surface area contributed by atoms with Gasteiger partial charge >= 0.3 is 18.3 Å². The normalized spacial score (nSPS) is 13.5. The number of halogens is 7. The van der Waals surface area contributed by atoms with Gasteiger partial charge in [-0.1, -0.05) is 11.6 Å². The molecular weight excluding hydrogens is 502 g/mol. The van der Waals surface area contributed by atoms with Crippen LogP contribution in [0.2, 0.25) is 5.02 Å². The third kappa shape index (κ3) is 7.26. The number of hydrogen-bond donors (Lipinski definition) is 0. The van der Waals surface area contributed by atoms with Gasteiger partial charge in [-0.3, -0.25) is 0 Å². The smallest absolute Gasteiger partial charge is 0.416 e. The van der Waals surface area contributed by atoms with Gasteiger partial charge in [-0.15, -0.1) is 0 Å². The number of aryl methyl sites for hydroxylation is 1. The van der Waals surface area contributed by atoms with Crippen LogP contribution in [-0.2, 0) is 31.7 Å². The highest BCUT2D eigenvalue weighted by Gasteiger charge is 2.38. The van der Waals surface area contributed by atoms with Crippen LogP contribution >= 0.6 is 11.6 Å². The molecule has 0 N–H and O–H groups in total. The van der Waals surface area contributed by atoms with Crippen LogP contribution in [0.4, 0.5) is 26.3 Å². The molecule has 0 radical (unpaired) electrons. The average molecular weight is 519 g/mol. The van der Waals surface area contributed by atoms with Crippen molar-refractivity contribution in [3.63, 3.8) is 0 Å². The van der Waals surface area contributed by atoms with Crippen molar-refractivity contribution in [3.05, 3.63) is 58.1 Å². The second-order valence-electron chi connectivity index (χ2n) is 6.90. The van der Waals surface area contributed by atoms with Crippen LogP contribution in [0.15, 0.2) is 41.3 Å². The fraction of sp³-hybridized carbons (Fsp3) is 0.350. The molecule has 0 aliphatic carbocycles. The Morgan fingerprint density at radius 1 is 1.00 bits per heavy atom. The summed E-state index contributed by atoms with van der Waals surface area (Å²) in [5.74, 6) is -1.72. The number of carbonyl (C=O) groups excluding carboxylic acids is 1. The zero-order valence-corrected chi connectivity index (χ0v) is 18.6. The summed E-state index contributed by atoms with van der Waals surface area (Å²) in [4.78, 5) is 10.9. The molecule has 0 spiro atoms. The fourth-order valence-electron chi connectivity index (χ4n) is 2.58. The molecule has 13 heteroatoms. The van der Waals surface area contributed by atoms with E-state index in [0.29, 0.717) is 16.3 Å². The molecule has 0 amide bonds. The zero-order chi connectivity index (χ0) is 25.2. The number of rotatable bonds is 7. The number of carbonyl (C=O) groups is 1. The predicted molar refractivity (Wildman–Crippen MR) is 106 cm³/mol. The number of ether oxygens (including phenoxy) is 2. The van der Waals surface area contributed by atoms with E-state index < -0.39 is 62.6 Å². The third-order valence-electron chi connectivity index (χ3n) is 4.29. The lowest BCUT2D eigenvalue weighted by Crippen LogP contribution is -2.28. The van der Waals surface area contributed by atoms with Gasteiger partial charge in [-0.05, 0) is 55.8 Å². The van der Waals surface area contributed by atoms with E-state index in [2.05, 4.69) is 0 Å². The Kier molecular flexibility index (Phi) is 7.95. The molecule has 0 aliphatic heterocycles. The van der Waals surface area contributed by atoms with E-state index in [1.54, 1.807) is 13.0 Å². The predicted octanol–water partition coefficient (Wildman–Crippen LogP) is 5.47. The molecule has 5 nitrogen and oxygen atoms in total. The molecule has 33 heavy (non-hydrogen) atoms. The fourth-order valence-corrected chi connectivity index (χ4v) is 3.95. The summed E-state index contributed by atoms with van der Waals surface area (Å²) < 4.78 is 113. The Morgan fingerprint density at radius 2 is 1.55 bits per heavy atom. The first-order chi connectivity index (χ1) is 15.0. The summed E-state index contributed by atoms with van der Waals surface area (Å²) in [6, 6.07) is 4.60. The average Bonchev–Trinajstić information content (AvgIpc) is 2.68. The number of hydrogen-bond acceptors (Lipinski definition) is 5. The van der Waals surface area contributed by atoms with E-state index in [4.69, 9.17) is 21.1 Å². The summed E-state index contributed by atoms with van der Waals surface area (Å²) in [6.45, 7) is 2.16. The molecular formula is C20H17ClF6O5S. The van der Waals surface area contributed by atoms with Gasteiger partial charge in [-0.2, -0.15) is 26.3 Å². The maximum atomic E-state index is 12.9. The van der Waals surface area contributed by atoms with Crippen molar-refractivity contribution < 1.29 is 49.0 Å². The van der Waals surface area contributed by atoms with Gasteiger partial charge < -0.3 is 9.47 Å². The van der Waals surface area contributed by atoms with Gasteiger partial charge in [0, 0.05) is 5.02 Å². The van der Waals surface area contributed by atoms with E-state index >= 15 is 0 Å². The SMILES string of the molecule is Cc1cc(Cl)ccc1O[C@H](C)C(=O)OCCS(=O)(=O)c1cc(C(F)(F)F)cc(C(F)(F)F)c1. The topological polar surface area (TPSA) is 69.7 Å². The van der Waals surface area contributed by atoms with Crippen LogP contribution < -0.4 is 4.74 Å². The van der Waals surface area contributed by atoms with Crippen LogP contribution in [0.3, 0.4) is 0 Å². The Hall–Kier alpha value is -2.47. The van der Waals surface area contributed by atoms with Gasteiger partial charge in [0.05, 0.1) is 21.8 Å². The lowest BCUT2D eigenvalue weighted by Gasteiger charge is -2.16. The molecule has 0 fully saturated rings. The largest absolute Gasteiger partial charge is 0.479 e. The van der Waals surface area contributed by atoms with Crippen LogP contribution in [0, 0.1) is 6.92 Å². The highest BCUT2D eigenvalue weighted by Crippen LogP contribution is 2.37. The Bertz CT molecular complexity index is 1100. The lowest BCUT2D eigenvalue weighted by atomic mass is 10.1. The summed E-state index contributed by atoms with van der Waals surface area (Å²) in [5.41, 5.74) is -2.93. The van der Waals surface area contributed by atoms with Crippen LogP contribution in [0.1, 0.15) is 23.6 Å². The highest BCUT2D eigenvalue weighted by molar-refractivity contribution is 7.91. The van der Waals surface area contributed by atoms with Crippen molar-refractivity contribution in [2.45, 2.75) is 37.2 Å². The molecule has 1 atom stereocenters. The first-order valence-electron chi connectivity index (χ1n) is 9.12. The van der Waals surface area contributed by atoms with Crippen molar-refractivity contribution >= 4 is 27.4 Å². The molecule has 0 heterocycles.